The second-order valence-electron chi connectivity index (χ2n) is 5.58. The average Bonchev–Trinajstić information content (AvgIpc) is 2.98. The number of carbonyl (C=O) groups is 1. The molecule has 1 aromatic heterocycles. The van der Waals surface area contributed by atoms with Crippen LogP contribution in [0.3, 0.4) is 0 Å². The maximum Gasteiger partial charge on any atom is 0.409 e. The highest BCUT2D eigenvalue weighted by Gasteiger charge is 2.37. The van der Waals surface area contributed by atoms with Crippen molar-refractivity contribution in [3.8, 4) is 0 Å². The van der Waals surface area contributed by atoms with Crippen LogP contribution in [0, 0.1) is 3.70 Å². The lowest BCUT2D eigenvalue weighted by Crippen LogP contribution is -2.35. The van der Waals surface area contributed by atoms with Gasteiger partial charge in [0.15, 0.2) is 0 Å². The summed E-state index contributed by atoms with van der Waals surface area (Å²) >= 11 is 2.23. The van der Waals surface area contributed by atoms with Crippen LogP contribution in [0.15, 0.2) is 0 Å². The first-order valence-electron chi connectivity index (χ1n) is 8.30. The predicted molar refractivity (Wildman–Crippen MR) is 100 cm³/mol. The number of hydrogen-bond acceptors (Lipinski definition) is 6. The lowest BCUT2D eigenvalue weighted by molar-refractivity contribution is 0.0613. The predicted octanol–water partition coefficient (Wildman–Crippen LogP) is 2.47. The van der Waals surface area contributed by atoms with Crippen LogP contribution in [0.25, 0.3) is 0 Å². The summed E-state index contributed by atoms with van der Waals surface area (Å²) in [5.74, 6) is 0.788. The summed E-state index contributed by atoms with van der Waals surface area (Å²) in [4.78, 5) is 22.9. The van der Waals surface area contributed by atoms with Gasteiger partial charge in [-0.3, -0.25) is 0 Å². The molecule has 1 aromatic rings. The van der Waals surface area contributed by atoms with Crippen molar-refractivity contribution in [3.63, 3.8) is 0 Å². The van der Waals surface area contributed by atoms with E-state index in [1.807, 2.05) is 6.92 Å². The number of methoxy groups -OCH3 is 1. The second kappa shape index (κ2) is 8.80. The summed E-state index contributed by atoms with van der Waals surface area (Å²) in [6, 6.07) is -0.0339. The maximum absolute atomic E-state index is 11.8. The number of amides is 1. The first kappa shape index (κ1) is 19.2. The molecular weight excluding hydrogens is 423 g/mol. The molecule has 0 saturated carbocycles. The van der Waals surface area contributed by atoms with Gasteiger partial charge in [-0.25, -0.2) is 14.8 Å². The van der Waals surface area contributed by atoms with Gasteiger partial charge in [0.25, 0.3) is 0 Å². The van der Waals surface area contributed by atoms with Crippen LogP contribution in [0.5, 0.6) is 0 Å². The molecule has 0 aliphatic carbocycles. The molecule has 0 aromatic carbocycles. The molecule has 1 N–H and O–H groups in total. The van der Waals surface area contributed by atoms with Crippen LogP contribution in [-0.4, -0.2) is 59.9 Å². The highest BCUT2D eigenvalue weighted by Crippen LogP contribution is 2.22. The number of aromatic nitrogens is 2. The van der Waals surface area contributed by atoms with Gasteiger partial charge in [0.1, 0.15) is 9.52 Å². The van der Waals surface area contributed by atoms with Crippen molar-refractivity contribution in [2.45, 2.75) is 45.8 Å². The maximum atomic E-state index is 11.8. The average molecular weight is 448 g/mol. The van der Waals surface area contributed by atoms with Crippen molar-refractivity contribution < 1.29 is 14.3 Å². The molecule has 1 unspecified atom stereocenters. The summed E-state index contributed by atoms with van der Waals surface area (Å²) in [6.45, 7) is 7.71. The van der Waals surface area contributed by atoms with Crippen molar-refractivity contribution >= 4 is 34.5 Å². The first-order valence-corrected chi connectivity index (χ1v) is 9.38. The van der Waals surface area contributed by atoms with E-state index in [1.54, 1.807) is 4.90 Å². The molecule has 1 aliphatic heterocycles. The summed E-state index contributed by atoms with van der Waals surface area (Å²) in [5, 5.41) is 3.45. The smallest absolute Gasteiger partial charge is 0.409 e. The first-order chi connectivity index (χ1) is 11.5. The van der Waals surface area contributed by atoms with E-state index in [-0.39, 0.29) is 18.2 Å². The van der Waals surface area contributed by atoms with Crippen LogP contribution in [-0.2, 0) is 22.3 Å². The van der Waals surface area contributed by atoms with Gasteiger partial charge in [-0.1, -0.05) is 13.8 Å². The van der Waals surface area contributed by atoms with Crippen LogP contribution in [0.2, 0.25) is 0 Å². The van der Waals surface area contributed by atoms with Crippen LogP contribution < -0.4 is 5.32 Å². The summed E-state index contributed by atoms with van der Waals surface area (Å²) in [7, 11) is 1.39. The lowest BCUT2D eigenvalue weighted by atomic mass is 10.2. The molecule has 7 nitrogen and oxygen atoms in total. The quantitative estimate of drug-likeness (QED) is 0.675. The Bertz CT molecular complexity index is 585. The minimum atomic E-state index is -0.331. The molecule has 2 heterocycles. The Balaban J connectivity index is 2.22. The van der Waals surface area contributed by atoms with Crippen molar-refractivity contribution in [1.29, 1.82) is 0 Å². The van der Waals surface area contributed by atoms with E-state index in [2.05, 4.69) is 46.7 Å². The Morgan fingerprint density at radius 1 is 1.25 bits per heavy atom. The van der Waals surface area contributed by atoms with E-state index in [9.17, 15) is 4.79 Å². The summed E-state index contributed by atoms with van der Waals surface area (Å²) < 4.78 is 11.6. The molecule has 1 saturated heterocycles. The van der Waals surface area contributed by atoms with Crippen molar-refractivity contribution in [2.75, 3.05) is 32.1 Å². The molecule has 2 rings (SSSR count). The Morgan fingerprint density at radius 2 is 1.96 bits per heavy atom. The van der Waals surface area contributed by atoms with Crippen LogP contribution >= 0.6 is 22.6 Å². The third kappa shape index (κ3) is 4.27. The minimum absolute atomic E-state index is 0.0339. The number of carbonyl (C=O) groups excluding carboxylic acids is 1. The highest BCUT2D eigenvalue weighted by atomic mass is 127. The van der Waals surface area contributed by atoms with Gasteiger partial charge in [-0.2, -0.15) is 0 Å². The van der Waals surface area contributed by atoms with E-state index in [0.29, 0.717) is 19.7 Å². The van der Waals surface area contributed by atoms with Crippen molar-refractivity contribution in [2.24, 2.45) is 0 Å². The molecule has 0 bridgehead atoms. The molecule has 2 atom stereocenters. The highest BCUT2D eigenvalue weighted by molar-refractivity contribution is 14.1. The number of halogens is 1. The SMILES string of the molecule is CCO[C@H]1CN(C(=O)OC)CC1Nc1nc(CC)c(I)nc1CC. The number of nitrogens with one attached hydrogen (secondary N) is 1. The largest absolute Gasteiger partial charge is 0.453 e. The standard InChI is InChI=1S/C16H25IN4O3/c1-5-10-14(17)18-11(6-2)15(19-10)20-12-8-21(16(22)23-4)9-13(12)24-7-3/h12-13H,5-9H2,1-4H3,(H,19,20)/t12?,13-/m0/s1. The number of anilines is 1. The normalized spacial score (nSPS) is 20.3. The fourth-order valence-corrected chi connectivity index (χ4v) is 3.61. The van der Waals surface area contributed by atoms with Gasteiger partial charge in [0.05, 0.1) is 37.2 Å². The number of nitrogens with zero attached hydrogens (tertiary/aromatic N) is 3. The second-order valence-corrected chi connectivity index (χ2v) is 6.60. The van der Waals surface area contributed by atoms with E-state index in [1.165, 1.54) is 7.11 Å². The van der Waals surface area contributed by atoms with Gasteiger partial charge in [-0.05, 0) is 42.4 Å². The van der Waals surface area contributed by atoms with Crippen LogP contribution in [0.1, 0.15) is 32.2 Å². The Hall–Kier alpha value is -1.16. The number of likely N-dealkylation sites (tertiary alicyclic amines) is 1. The van der Waals surface area contributed by atoms with Gasteiger partial charge < -0.3 is 19.7 Å². The van der Waals surface area contributed by atoms with E-state index >= 15 is 0 Å². The molecule has 0 spiro atoms. The van der Waals surface area contributed by atoms with Crippen molar-refractivity contribution in [3.05, 3.63) is 15.1 Å². The molecule has 8 heteroatoms. The van der Waals surface area contributed by atoms with E-state index in [0.717, 1.165) is 33.7 Å². The van der Waals surface area contributed by atoms with Gasteiger partial charge in [-0.15, -0.1) is 0 Å². The molecule has 1 fully saturated rings. The van der Waals surface area contributed by atoms with Crippen LogP contribution in [0.4, 0.5) is 10.6 Å². The molecule has 1 aliphatic rings. The molecule has 134 valence electrons. The van der Waals surface area contributed by atoms with Gasteiger partial charge >= 0.3 is 6.09 Å². The minimum Gasteiger partial charge on any atom is -0.453 e. The topological polar surface area (TPSA) is 76.6 Å². The molecule has 24 heavy (non-hydrogen) atoms. The number of hydrogen-bond donors (Lipinski definition) is 1. The van der Waals surface area contributed by atoms with E-state index in [4.69, 9.17) is 14.5 Å². The summed E-state index contributed by atoms with van der Waals surface area (Å²) in [5.41, 5.74) is 1.91. The van der Waals surface area contributed by atoms with Gasteiger partial charge in [0, 0.05) is 13.2 Å². The third-order valence-electron chi connectivity index (χ3n) is 4.06. The molecule has 0 radical (unpaired) electrons. The zero-order valence-electron chi connectivity index (χ0n) is 14.6. The molecule has 1 amide bonds. The molecular formula is C16H25IN4O3. The number of aryl methyl sites for hydroxylation is 2. The third-order valence-corrected chi connectivity index (χ3v) is 4.93. The monoisotopic (exact) mass is 448 g/mol. The Kier molecular flexibility index (Phi) is 7.02. The van der Waals surface area contributed by atoms with E-state index < -0.39 is 0 Å². The Labute approximate surface area is 156 Å². The van der Waals surface area contributed by atoms with Crippen molar-refractivity contribution in [1.82, 2.24) is 14.9 Å². The summed E-state index contributed by atoms with van der Waals surface area (Å²) in [6.07, 6.45) is 1.20. The zero-order chi connectivity index (χ0) is 17.7. The Morgan fingerprint density at radius 3 is 2.54 bits per heavy atom. The lowest BCUT2D eigenvalue weighted by Gasteiger charge is -2.21. The number of ether oxygens (including phenoxy) is 2. The van der Waals surface area contributed by atoms with Gasteiger partial charge in [0.2, 0.25) is 0 Å². The fraction of sp³-hybridized carbons (Fsp3) is 0.688. The zero-order valence-corrected chi connectivity index (χ0v) is 16.8. The number of rotatable bonds is 6. The fourth-order valence-electron chi connectivity index (χ4n) is 2.82.